The minimum absolute atomic E-state index is 0. The minimum atomic E-state index is -3.16. The van der Waals surface area contributed by atoms with Crippen molar-refractivity contribution in [3.05, 3.63) is 35.4 Å². The Kier molecular flexibility index (Phi) is 5.59. The molecular formula is C12H19ClN2O2S. The summed E-state index contributed by atoms with van der Waals surface area (Å²) in [6.45, 7) is 4.61. The molecule has 0 saturated carbocycles. The summed E-state index contributed by atoms with van der Waals surface area (Å²) in [5.74, 6) is 0.106. The van der Waals surface area contributed by atoms with Crippen LogP contribution in [0.2, 0.25) is 0 Å². The van der Waals surface area contributed by atoms with Crippen molar-refractivity contribution in [1.29, 1.82) is 0 Å². The molecule has 1 aliphatic heterocycles. The van der Waals surface area contributed by atoms with Gasteiger partial charge in [0.05, 0.1) is 5.75 Å². The fourth-order valence-corrected chi connectivity index (χ4v) is 3.55. The first-order chi connectivity index (χ1) is 8.08. The molecule has 0 bridgehead atoms. The van der Waals surface area contributed by atoms with Crippen LogP contribution in [0.1, 0.15) is 11.1 Å². The molecule has 0 aromatic heterocycles. The Morgan fingerprint density at radius 1 is 1.28 bits per heavy atom. The van der Waals surface area contributed by atoms with Gasteiger partial charge in [0.25, 0.3) is 0 Å². The van der Waals surface area contributed by atoms with Crippen molar-refractivity contribution >= 4 is 22.4 Å². The number of piperazine rings is 1. The van der Waals surface area contributed by atoms with Crippen LogP contribution in [0.3, 0.4) is 0 Å². The molecule has 0 spiro atoms. The fourth-order valence-electron chi connectivity index (χ4n) is 2.03. The zero-order valence-electron chi connectivity index (χ0n) is 10.4. The van der Waals surface area contributed by atoms with E-state index in [4.69, 9.17) is 0 Å². The van der Waals surface area contributed by atoms with Crippen LogP contribution in [0.15, 0.2) is 24.3 Å². The zero-order valence-corrected chi connectivity index (χ0v) is 12.1. The molecule has 1 heterocycles. The van der Waals surface area contributed by atoms with Gasteiger partial charge in [-0.15, -0.1) is 12.4 Å². The predicted octanol–water partition coefficient (Wildman–Crippen LogP) is 1.15. The maximum absolute atomic E-state index is 12.2. The first-order valence-electron chi connectivity index (χ1n) is 5.82. The van der Waals surface area contributed by atoms with Crippen LogP contribution >= 0.6 is 12.4 Å². The lowest BCUT2D eigenvalue weighted by atomic mass is 10.2. The Morgan fingerprint density at radius 3 is 2.56 bits per heavy atom. The van der Waals surface area contributed by atoms with Crippen LogP contribution in [-0.4, -0.2) is 38.9 Å². The van der Waals surface area contributed by atoms with Crippen LogP contribution in [0.25, 0.3) is 0 Å². The summed E-state index contributed by atoms with van der Waals surface area (Å²) in [6.07, 6.45) is 0. The largest absolute Gasteiger partial charge is 0.314 e. The molecule has 1 aromatic carbocycles. The highest BCUT2D eigenvalue weighted by Crippen LogP contribution is 2.12. The summed E-state index contributed by atoms with van der Waals surface area (Å²) in [6, 6.07) is 7.67. The second-order valence-electron chi connectivity index (χ2n) is 4.39. The van der Waals surface area contributed by atoms with Crippen LogP contribution in [0, 0.1) is 6.92 Å². The molecule has 0 unspecified atom stereocenters. The van der Waals surface area contributed by atoms with Crippen molar-refractivity contribution in [2.75, 3.05) is 26.2 Å². The third kappa shape index (κ3) is 3.95. The first kappa shape index (κ1) is 15.4. The number of sulfonamides is 1. The van der Waals surface area contributed by atoms with Gasteiger partial charge in [0.1, 0.15) is 0 Å². The summed E-state index contributed by atoms with van der Waals surface area (Å²) in [7, 11) is -3.16. The van der Waals surface area contributed by atoms with Crippen molar-refractivity contribution in [3.8, 4) is 0 Å². The highest BCUT2D eigenvalue weighted by Gasteiger charge is 2.23. The average Bonchev–Trinajstić information content (AvgIpc) is 2.29. The van der Waals surface area contributed by atoms with Gasteiger partial charge >= 0.3 is 0 Å². The minimum Gasteiger partial charge on any atom is -0.314 e. The Morgan fingerprint density at radius 2 is 1.94 bits per heavy atom. The van der Waals surface area contributed by atoms with Gasteiger partial charge in [-0.2, -0.15) is 4.31 Å². The summed E-state index contributed by atoms with van der Waals surface area (Å²) in [4.78, 5) is 0. The molecule has 0 amide bonds. The number of halogens is 1. The lowest BCUT2D eigenvalue weighted by molar-refractivity contribution is 0.360. The summed E-state index contributed by atoms with van der Waals surface area (Å²) in [5.41, 5.74) is 1.96. The molecule has 102 valence electrons. The molecule has 1 saturated heterocycles. The number of nitrogens with zero attached hydrogens (tertiary/aromatic N) is 1. The van der Waals surface area contributed by atoms with E-state index in [1.807, 2.05) is 31.2 Å². The van der Waals surface area contributed by atoms with Crippen LogP contribution in [-0.2, 0) is 15.8 Å². The van der Waals surface area contributed by atoms with Gasteiger partial charge in [-0.1, -0.05) is 29.8 Å². The number of aryl methyl sites for hydroxylation is 1. The third-order valence-corrected chi connectivity index (χ3v) is 4.75. The number of benzene rings is 1. The van der Waals surface area contributed by atoms with Gasteiger partial charge in [0.2, 0.25) is 10.0 Å². The molecule has 18 heavy (non-hydrogen) atoms. The van der Waals surface area contributed by atoms with Gasteiger partial charge in [-0.25, -0.2) is 8.42 Å². The van der Waals surface area contributed by atoms with Gasteiger partial charge in [0, 0.05) is 26.2 Å². The van der Waals surface area contributed by atoms with Crippen LogP contribution in [0.4, 0.5) is 0 Å². The lowest BCUT2D eigenvalue weighted by Crippen LogP contribution is -2.46. The maximum Gasteiger partial charge on any atom is 0.218 e. The molecular weight excluding hydrogens is 272 g/mol. The number of hydrogen-bond donors (Lipinski definition) is 1. The van der Waals surface area contributed by atoms with Crippen molar-refractivity contribution in [1.82, 2.24) is 9.62 Å². The van der Waals surface area contributed by atoms with Crippen molar-refractivity contribution in [2.24, 2.45) is 0 Å². The van der Waals surface area contributed by atoms with Gasteiger partial charge in [-0.05, 0) is 12.5 Å². The molecule has 6 heteroatoms. The zero-order chi connectivity index (χ0) is 12.3. The quantitative estimate of drug-likeness (QED) is 0.909. The van der Waals surface area contributed by atoms with Crippen molar-refractivity contribution in [3.63, 3.8) is 0 Å². The smallest absolute Gasteiger partial charge is 0.218 e. The number of nitrogens with one attached hydrogen (secondary N) is 1. The highest BCUT2D eigenvalue weighted by atomic mass is 35.5. The van der Waals surface area contributed by atoms with E-state index in [1.165, 1.54) is 0 Å². The van der Waals surface area contributed by atoms with Gasteiger partial charge in [-0.3, -0.25) is 0 Å². The van der Waals surface area contributed by atoms with E-state index >= 15 is 0 Å². The Labute approximate surface area is 115 Å². The summed E-state index contributed by atoms with van der Waals surface area (Å²) in [5, 5.41) is 3.15. The normalized spacial score (nSPS) is 17.2. The standard InChI is InChI=1S/C12H18N2O2S.ClH/c1-11-3-2-4-12(9-11)10-17(15,16)14-7-5-13-6-8-14;/h2-4,9,13H,5-8,10H2,1H3;1H. The maximum atomic E-state index is 12.2. The average molecular weight is 291 g/mol. The van der Waals surface area contributed by atoms with E-state index in [9.17, 15) is 8.42 Å². The lowest BCUT2D eigenvalue weighted by Gasteiger charge is -2.26. The monoisotopic (exact) mass is 290 g/mol. The predicted molar refractivity (Wildman–Crippen MR) is 75.5 cm³/mol. The van der Waals surface area contributed by atoms with E-state index in [0.29, 0.717) is 13.1 Å². The summed E-state index contributed by atoms with van der Waals surface area (Å²) < 4.78 is 25.9. The second kappa shape index (κ2) is 6.52. The van der Waals surface area contributed by atoms with E-state index in [0.717, 1.165) is 24.2 Å². The third-order valence-electron chi connectivity index (χ3n) is 2.90. The fraction of sp³-hybridized carbons (Fsp3) is 0.500. The molecule has 1 N–H and O–H groups in total. The van der Waals surface area contributed by atoms with Gasteiger partial charge in [0.15, 0.2) is 0 Å². The number of rotatable bonds is 3. The molecule has 4 nitrogen and oxygen atoms in total. The van der Waals surface area contributed by atoms with E-state index < -0.39 is 10.0 Å². The van der Waals surface area contributed by atoms with E-state index in [1.54, 1.807) is 4.31 Å². The molecule has 2 rings (SSSR count). The first-order valence-corrected chi connectivity index (χ1v) is 7.43. The topological polar surface area (TPSA) is 49.4 Å². The Bertz CT molecular complexity index is 485. The molecule has 1 fully saturated rings. The molecule has 0 atom stereocenters. The highest BCUT2D eigenvalue weighted by molar-refractivity contribution is 7.88. The SMILES string of the molecule is Cc1cccc(CS(=O)(=O)N2CCNCC2)c1.Cl. The second-order valence-corrected chi connectivity index (χ2v) is 6.36. The van der Waals surface area contributed by atoms with Crippen molar-refractivity contribution in [2.45, 2.75) is 12.7 Å². The van der Waals surface area contributed by atoms with Crippen LogP contribution in [0.5, 0.6) is 0 Å². The number of hydrogen-bond acceptors (Lipinski definition) is 3. The van der Waals surface area contributed by atoms with Crippen molar-refractivity contribution < 1.29 is 8.42 Å². The Balaban J connectivity index is 0.00000162. The molecule has 1 aromatic rings. The molecule has 1 aliphatic rings. The molecule has 0 aliphatic carbocycles. The van der Waals surface area contributed by atoms with Gasteiger partial charge < -0.3 is 5.32 Å². The Hall–Kier alpha value is -0.620. The summed E-state index contributed by atoms with van der Waals surface area (Å²) >= 11 is 0. The van der Waals surface area contributed by atoms with E-state index in [-0.39, 0.29) is 18.2 Å². The van der Waals surface area contributed by atoms with Crippen LogP contribution < -0.4 is 5.32 Å². The van der Waals surface area contributed by atoms with E-state index in [2.05, 4.69) is 5.32 Å². The molecule has 0 radical (unpaired) electrons.